The lowest BCUT2D eigenvalue weighted by Crippen LogP contribution is -2.18. The molecule has 0 bridgehead atoms. The van der Waals surface area contributed by atoms with Crippen LogP contribution in [-0.4, -0.2) is 23.0 Å². The predicted molar refractivity (Wildman–Crippen MR) is 146 cm³/mol. The number of benzene rings is 2. The number of carbonyl (C=O) groups excluding carboxylic acids is 2. The van der Waals surface area contributed by atoms with Crippen molar-refractivity contribution in [1.82, 2.24) is 4.98 Å². The molecule has 0 atom stereocenters. The van der Waals surface area contributed by atoms with Gasteiger partial charge in [-0.3, -0.25) is 4.79 Å². The number of carbonyl (C=O) groups is 2. The Morgan fingerprint density at radius 3 is 2.58 bits per heavy atom. The maximum atomic E-state index is 13.8. The maximum absolute atomic E-state index is 13.8. The van der Waals surface area contributed by atoms with Crippen molar-refractivity contribution in [2.75, 3.05) is 5.32 Å². The van der Waals surface area contributed by atoms with Gasteiger partial charge >= 0.3 is 5.97 Å². The van der Waals surface area contributed by atoms with E-state index in [9.17, 15) is 9.59 Å². The second-order valence-electron chi connectivity index (χ2n) is 9.23. The van der Waals surface area contributed by atoms with Crippen molar-refractivity contribution in [2.45, 2.75) is 52.1 Å². The van der Waals surface area contributed by atoms with E-state index in [0.29, 0.717) is 32.4 Å². The number of halogens is 1. The first-order valence-electron chi connectivity index (χ1n) is 12.2. The fourth-order valence-electron chi connectivity index (χ4n) is 4.66. The fraction of sp³-hybridized carbons (Fsp3) is 0.276. The number of hydrogen-bond acceptors (Lipinski definition) is 5. The number of nitrogens with zero attached hydrogens (tertiary/aromatic N) is 1. The maximum Gasteiger partial charge on any atom is 0.341 e. The van der Waals surface area contributed by atoms with Gasteiger partial charge in [0.15, 0.2) is 0 Å². The minimum Gasteiger partial charge on any atom is -0.459 e. The molecule has 1 aliphatic carbocycles. The molecule has 5 nitrogen and oxygen atoms in total. The fourth-order valence-corrected chi connectivity index (χ4v) is 6.17. The van der Waals surface area contributed by atoms with E-state index in [1.165, 1.54) is 11.3 Å². The number of aryl methyl sites for hydroxylation is 1. The molecule has 7 heteroatoms. The summed E-state index contributed by atoms with van der Waals surface area (Å²) in [5.41, 5.74) is 4.07. The summed E-state index contributed by atoms with van der Waals surface area (Å²) in [4.78, 5) is 32.8. The first-order valence-corrected chi connectivity index (χ1v) is 13.4. The molecule has 1 N–H and O–H groups in total. The number of pyridine rings is 1. The SMILES string of the molecule is CC(C)OC(=O)c1c(NC(=O)c2cc(-c3ccccc3Cl)nc3ccccc23)sc2c1CCCCC2. The number of nitrogens with one attached hydrogen (secondary N) is 1. The molecule has 1 amide bonds. The Balaban J connectivity index is 1.59. The molecule has 0 spiro atoms. The Morgan fingerprint density at radius 1 is 1.03 bits per heavy atom. The summed E-state index contributed by atoms with van der Waals surface area (Å²) < 4.78 is 5.58. The van der Waals surface area contributed by atoms with Crippen LogP contribution in [0.15, 0.2) is 54.6 Å². The number of ether oxygens (including phenoxy) is 1. The number of aromatic nitrogens is 1. The molecule has 0 unspecified atom stereocenters. The third-order valence-corrected chi connectivity index (χ3v) is 7.84. The Kier molecular flexibility index (Phi) is 7.08. The van der Waals surface area contributed by atoms with Gasteiger partial charge in [-0.2, -0.15) is 0 Å². The van der Waals surface area contributed by atoms with Crippen LogP contribution in [0.25, 0.3) is 22.2 Å². The summed E-state index contributed by atoms with van der Waals surface area (Å²) in [6, 6.07) is 16.7. The average molecular weight is 519 g/mol. The van der Waals surface area contributed by atoms with Crippen LogP contribution in [0.1, 0.15) is 64.3 Å². The average Bonchev–Trinajstić information content (AvgIpc) is 3.03. The molecule has 4 aromatic rings. The van der Waals surface area contributed by atoms with Gasteiger partial charge in [0.1, 0.15) is 5.00 Å². The quantitative estimate of drug-likeness (QED) is 0.217. The first kappa shape index (κ1) is 24.5. The van der Waals surface area contributed by atoms with Crippen molar-refractivity contribution < 1.29 is 14.3 Å². The van der Waals surface area contributed by atoms with Gasteiger partial charge in [-0.25, -0.2) is 9.78 Å². The molecule has 0 fully saturated rings. The van der Waals surface area contributed by atoms with E-state index in [1.807, 2.05) is 56.3 Å². The normalized spacial score (nSPS) is 13.3. The van der Waals surface area contributed by atoms with E-state index in [1.54, 1.807) is 12.1 Å². The van der Waals surface area contributed by atoms with Gasteiger partial charge in [0.25, 0.3) is 5.91 Å². The Hall–Kier alpha value is -3.22. The van der Waals surface area contributed by atoms with Gasteiger partial charge in [0.2, 0.25) is 0 Å². The molecule has 2 aromatic heterocycles. The largest absolute Gasteiger partial charge is 0.459 e. The minimum atomic E-state index is -0.379. The standard InChI is InChI=1S/C29H27ClN2O3S/c1-17(2)35-29(34)26-20-12-4-3-5-15-25(20)36-28(26)32-27(33)21-16-24(19-11-6-8-13-22(19)30)31-23-14-9-7-10-18(21)23/h6-11,13-14,16-17H,3-5,12,15H2,1-2H3,(H,32,33). The Morgan fingerprint density at radius 2 is 1.78 bits per heavy atom. The van der Waals surface area contributed by atoms with Crippen molar-refractivity contribution in [3.8, 4) is 11.3 Å². The third kappa shape index (κ3) is 4.88. The number of thiophene rings is 1. The highest BCUT2D eigenvalue weighted by atomic mass is 35.5. The van der Waals surface area contributed by atoms with E-state index >= 15 is 0 Å². The molecule has 184 valence electrons. The van der Waals surface area contributed by atoms with Crippen LogP contribution in [-0.2, 0) is 17.6 Å². The van der Waals surface area contributed by atoms with E-state index in [-0.39, 0.29) is 18.0 Å². The van der Waals surface area contributed by atoms with Crippen LogP contribution >= 0.6 is 22.9 Å². The number of para-hydroxylation sites is 1. The molecule has 2 heterocycles. The zero-order chi connectivity index (χ0) is 25.2. The van der Waals surface area contributed by atoms with E-state index < -0.39 is 0 Å². The Labute approximate surface area is 219 Å². The smallest absolute Gasteiger partial charge is 0.341 e. The first-order chi connectivity index (χ1) is 17.4. The number of anilines is 1. The minimum absolute atomic E-state index is 0.246. The molecule has 5 rings (SSSR count). The second kappa shape index (κ2) is 10.4. The molecular weight excluding hydrogens is 492 g/mol. The van der Waals surface area contributed by atoms with E-state index in [2.05, 4.69) is 5.32 Å². The van der Waals surface area contributed by atoms with Crippen LogP contribution in [0, 0.1) is 0 Å². The lowest BCUT2D eigenvalue weighted by Gasteiger charge is -2.13. The summed E-state index contributed by atoms with van der Waals surface area (Å²) in [5, 5.41) is 4.91. The van der Waals surface area contributed by atoms with E-state index in [4.69, 9.17) is 21.3 Å². The van der Waals surface area contributed by atoms with Crippen molar-refractivity contribution in [2.24, 2.45) is 0 Å². The number of hydrogen-bond donors (Lipinski definition) is 1. The monoisotopic (exact) mass is 518 g/mol. The zero-order valence-electron chi connectivity index (χ0n) is 20.3. The molecule has 0 radical (unpaired) electrons. The lowest BCUT2D eigenvalue weighted by molar-refractivity contribution is 0.0378. The molecule has 2 aromatic carbocycles. The van der Waals surface area contributed by atoms with Crippen LogP contribution in [0.3, 0.4) is 0 Å². The van der Waals surface area contributed by atoms with Crippen molar-refractivity contribution in [3.63, 3.8) is 0 Å². The van der Waals surface area contributed by atoms with Crippen LogP contribution < -0.4 is 5.32 Å². The van der Waals surface area contributed by atoms with Crippen molar-refractivity contribution >= 4 is 50.7 Å². The third-order valence-electron chi connectivity index (χ3n) is 6.31. The van der Waals surface area contributed by atoms with Gasteiger partial charge < -0.3 is 10.1 Å². The topological polar surface area (TPSA) is 68.3 Å². The molecule has 36 heavy (non-hydrogen) atoms. The van der Waals surface area contributed by atoms with Crippen LogP contribution in [0.2, 0.25) is 5.02 Å². The highest BCUT2D eigenvalue weighted by Crippen LogP contribution is 2.39. The second-order valence-corrected chi connectivity index (χ2v) is 10.7. The number of rotatable bonds is 5. The molecule has 1 aliphatic rings. The zero-order valence-corrected chi connectivity index (χ0v) is 21.8. The summed E-state index contributed by atoms with van der Waals surface area (Å²) in [6.07, 6.45) is 4.72. The van der Waals surface area contributed by atoms with Gasteiger partial charge in [-0.1, -0.05) is 54.4 Å². The van der Waals surface area contributed by atoms with Gasteiger partial charge in [-0.05, 0) is 63.3 Å². The summed E-state index contributed by atoms with van der Waals surface area (Å²) in [7, 11) is 0. The summed E-state index contributed by atoms with van der Waals surface area (Å²) >= 11 is 7.94. The molecule has 0 saturated heterocycles. The van der Waals surface area contributed by atoms with Crippen LogP contribution in [0.5, 0.6) is 0 Å². The molecule has 0 saturated carbocycles. The Bertz CT molecular complexity index is 1460. The molecular formula is C29H27ClN2O3S. The number of fused-ring (bicyclic) bond motifs is 2. The van der Waals surface area contributed by atoms with Gasteiger partial charge in [0.05, 0.1) is 28.4 Å². The summed E-state index contributed by atoms with van der Waals surface area (Å²) in [5.74, 6) is -0.673. The van der Waals surface area contributed by atoms with Gasteiger partial charge in [-0.15, -0.1) is 11.3 Å². The van der Waals surface area contributed by atoms with Crippen molar-refractivity contribution in [1.29, 1.82) is 0 Å². The van der Waals surface area contributed by atoms with E-state index in [0.717, 1.165) is 53.5 Å². The lowest BCUT2D eigenvalue weighted by atomic mass is 10.0. The number of amides is 1. The van der Waals surface area contributed by atoms with Crippen molar-refractivity contribution in [3.05, 3.63) is 81.2 Å². The highest BCUT2D eigenvalue weighted by Gasteiger charge is 2.28. The summed E-state index contributed by atoms with van der Waals surface area (Å²) in [6.45, 7) is 3.67. The highest BCUT2D eigenvalue weighted by molar-refractivity contribution is 7.17. The van der Waals surface area contributed by atoms with Gasteiger partial charge in [0, 0.05) is 20.8 Å². The molecule has 0 aliphatic heterocycles. The predicted octanol–water partition coefficient (Wildman–Crippen LogP) is 7.70. The number of esters is 1. The van der Waals surface area contributed by atoms with Crippen LogP contribution in [0.4, 0.5) is 5.00 Å².